The zero-order valence-corrected chi connectivity index (χ0v) is 10.9. The first-order valence-electron chi connectivity index (χ1n) is 5.22. The van der Waals surface area contributed by atoms with Gasteiger partial charge in [0.1, 0.15) is 5.75 Å². The molecule has 1 N–H and O–H groups in total. The van der Waals surface area contributed by atoms with Crippen LogP contribution >= 0.6 is 11.6 Å². The largest absolute Gasteiger partial charge is 0.483 e. The lowest BCUT2D eigenvalue weighted by Crippen LogP contribution is -2.27. The molecule has 0 radical (unpaired) electrons. The minimum Gasteiger partial charge on any atom is -0.483 e. The summed E-state index contributed by atoms with van der Waals surface area (Å²) in [5, 5.41) is 10.1. The molecule has 0 aliphatic heterocycles. The fraction of sp³-hybridized carbons (Fsp3) is 0.417. The Hall–Kier alpha value is -1.26. The molecule has 1 aromatic rings. The fourth-order valence-electron chi connectivity index (χ4n) is 1.25. The molecule has 0 spiro atoms. The second-order valence-electron chi connectivity index (χ2n) is 3.93. The number of halogens is 1. The Kier molecular flexibility index (Phi) is 4.78. The number of hydrogen-bond acceptors (Lipinski definition) is 3. The number of amides is 1. The van der Waals surface area contributed by atoms with E-state index < -0.39 is 6.10 Å². The summed E-state index contributed by atoms with van der Waals surface area (Å²) in [4.78, 5) is 12.8. The first-order chi connectivity index (χ1) is 7.91. The van der Waals surface area contributed by atoms with Crippen molar-refractivity contribution in [1.29, 1.82) is 0 Å². The lowest BCUT2D eigenvalue weighted by Gasteiger charge is -2.15. The molecule has 17 heavy (non-hydrogen) atoms. The van der Waals surface area contributed by atoms with E-state index in [9.17, 15) is 9.90 Å². The number of aliphatic hydroxyl groups is 1. The highest BCUT2D eigenvalue weighted by molar-refractivity contribution is 6.30. The van der Waals surface area contributed by atoms with Gasteiger partial charge in [0, 0.05) is 24.7 Å². The summed E-state index contributed by atoms with van der Waals surface area (Å²) in [5.74, 6) is 0.330. The van der Waals surface area contributed by atoms with Crippen molar-refractivity contribution in [2.24, 2.45) is 0 Å². The summed E-state index contributed by atoms with van der Waals surface area (Å²) < 4.78 is 5.37. The lowest BCUT2D eigenvalue weighted by atomic mass is 10.1. The smallest absolute Gasteiger partial charge is 0.259 e. The van der Waals surface area contributed by atoms with E-state index in [2.05, 4.69) is 0 Å². The molecule has 5 heteroatoms. The number of hydrogen-bond donors (Lipinski definition) is 1. The van der Waals surface area contributed by atoms with Crippen molar-refractivity contribution in [1.82, 2.24) is 4.90 Å². The Morgan fingerprint density at radius 2 is 2.18 bits per heavy atom. The second-order valence-corrected chi connectivity index (χ2v) is 4.37. The zero-order chi connectivity index (χ0) is 13.0. The third-order valence-corrected chi connectivity index (χ3v) is 2.51. The maximum Gasteiger partial charge on any atom is 0.259 e. The predicted molar refractivity (Wildman–Crippen MR) is 66.3 cm³/mol. The molecule has 0 fully saturated rings. The van der Waals surface area contributed by atoms with Gasteiger partial charge in [-0.25, -0.2) is 0 Å². The number of benzene rings is 1. The van der Waals surface area contributed by atoms with Crippen LogP contribution < -0.4 is 4.74 Å². The number of likely N-dealkylation sites (N-methyl/N-ethyl adjacent to an activating group) is 1. The minimum absolute atomic E-state index is 0.0612. The normalized spacial score (nSPS) is 12.1. The van der Waals surface area contributed by atoms with E-state index in [1.807, 2.05) is 0 Å². The average molecular weight is 258 g/mol. The SMILES string of the molecule is C[C@@H](O)c1cc(Cl)ccc1OCC(=O)N(C)C. The van der Waals surface area contributed by atoms with Crippen molar-refractivity contribution in [3.63, 3.8) is 0 Å². The summed E-state index contributed by atoms with van der Waals surface area (Å²) >= 11 is 5.83. The van der Waals surface area contributed by atoms with Crippen molar-refractivity contribution in [2.75, 3.05) is 20.7 Å². The lowest BCUT2D eigenvalue weighted by molar-refractivity contribution is -0.130. The molecule has 0 saturated heterocycles. The number of ether oxygens (including phenoxy) is 1. The van der Waals surface area contributed by atoms with E-state index in [-0.39, 0.29) is 12.5 Å². The van der Waals surface area contributed by atoms with Gasteiger partial charge in [-0.15, -0.1) is 0 Å². The fourth-order valence-corrected chi connectivity index (χ4v) is 1.43. The van der Waals surface area contributed by atoms with E-state index in [1.54, 1.807) is 39.2 Å². The molecule has 0 heterocycles. The quantitative estimate of drug-likeness (QED) is 0.896. The van der Waals surface area contributed by atoms with Crippen LogP contribution in [-0.4, -0.2) is 36.6 Å². The molecule has 0 aliphatic carbocycles. The van der Waals surface area contributed by atoms with Crippen molar-refractivity contribution in [3.05, 3.63) is 28.8 Å². The summed E-state index contributed by atoms with van der Waals surface area (Å²) in [7, 11) is 3.31. The molecule has 0 bridgehead atoms. The predicted octanol–water partition coefficient (Wildman–Crippen LogP) is 1.86. The topological polar surface area (TPSA) is 49.8 Å². The Bertz CT molecular complexity index is 405. The van der Waals surface area contributed by atoms with E-state index in [4.69, 9.17) is 16.3 Å². The summed E-state index contributed by atoms with van der Waals surface area (Å²) in [6, 6.07) is 4.93. The average Bonchev–Trinajstić information content (AvgIpc) is 2.26. The number of carbonyl (C=O) groups excluding carboxylic acids is 1. The van der Waals surface area contributed by atoms with Crippen molar-refractivity contribution in [3.8, 4) is 5.75 Å². The highest BCUT2D eigenvalue weighted by Crippen LogP contribution is 2.28. The van der Waals surface area contributed by atoms with Gasteiger partial charge in [0.05, 0.1) is 6.10 Å². The maximum atomic E-state index is 11.4. The van der Waals surface area contributed by atoms with Crippen molar-refractivity contribution in [2.45, 2.75) is 13.0 Å². The van der Waals surface area contributed by atoms with Crippen LogP contribution in [0.4, 0.5) is 0 Å². The van der Waals surface area contributed by atoms with Gasteiger partial charge in [-0.3, -0.25) is 4.79 Å². The van der Waals surface area contributed by atoms with Crippen LogP contribution in [-0.2, 0) is 4.79 Å². The number of aliphatic hydroxyl groups excluding tert-OH is 1. The highest BCUT2D eigenvalue weighted by atomic mass is 35.5. The number of nitrogens with zero attached hydrogens (tertiary/aromatic N) is 1. The third kappa shape index (κ3) is 3.91. The molecule has 1 amide bonds. The Labute approximate surface area is 106 Å². The molecule has 94 valence electrons. The van der Waals surface area contributed by atoms with Crippen LogP contribution in [0.2, 0.25) is 5.02 Å². The van der Waals surface area contributed by atoms with Gasteiger partial charge in [0.25, 0.3) is 5.91 Å². The molecule has 0 aliphatic rings. The van der Waals surface area contributed by atoms with E-state index >= 15 is 0 Å². The van der Waals surface area contributed by atoms with Crippen LogP contribution in [0.25, 0.3) is 0 Å². The Morgan fingerprint density at radius 1 is 1.53 bits per heavy atom. The molecule has 1 aromatic carbocycles. The molecule has 0 aromatic heterocycles. The van der Waals surface area contributed by atoms with E-state index in [1.165, 1.54) is 4.90 Å². The van der Waals surface area contributed by atoms with Crippen LogP contribution in [0.3, 0.4) is 0 Å². The Morgan fingerprint density at radius 3 is 2.71 bits per heavy atom. The van der Waals surface area contributed by atoms with Crippen LogP contribution in [0, 0.1) is 0 Å². The Balaban J connectivity index is 2.80. The molecular formula is C12H16ClNO3. The van der Waals surface area contributed by atoms with Gasteiger partial charge in [-0.1, -0.05) is 11.6 Å². The van der Waals surface area contributed by atoms with Gasteiger partial charge in [-0.2, -0.15) is 0 Å². The van der Waals surface area contributed by atoms with Gasteiger partial charge < -0.3 is 14.7 Å². The standard InChI is InChI=1S/C12H16ClNO3/c1-8(15)10-6-9(13)4-5-11(10)17-7-12(16)14(2)3/h4-6,8,15H,7H2,1-3H3/t8-/m1/s1. The number of rotatable bonds is 4. The van der Waals surface area contributed by atoms with E-state index in [0.29, 0.717) is 16.3 Å². The zero-order valence-electron chi connectivity index (χ0n) is 10.1. The summed E-state index contributed by atoms with van der Waals surface area (Å²) in [6.07, 6.45) is -0.696. The van der Waals surface area contributed by atoms with E-state index in [0.717, 1.165) is 0 Å². The second kappa shape index (κ2) is 5.89. The molecular weight excluding hydrogens is 242 g/mol. The maximum absolute atomic E-state index is 11.4. The summed E-state index contributed by atoms with van der Waals surface area (Å²) in [6.45, 7) is 1.56. The molecule has 1 rings (SSSR count). The molecule has 0 unspecified atom stereocenters. The van der Waals surface area contributed by atoms with Crippen LogP contribution in [0.15, 0.2) is 18.2 Å². The minimum atomic E-state index is -0.696. The summed E-state index contributed by atoms with van der Waals surface area (Å²) in [5.41, 5.74) is 0.573. The first kappa shape index (κ1) is 13.8. The number of carbonyl (C=O) groups is 1. The van der Waals surface area contributed by atoms with Gasteiger partial charge in [0.2, 0.25) is 0 Å². The van der Waals surface area contributed by atoms with Crippen molar-refractivity contribution < 1.29 is 14.6 Å². The monoisotopic (exact) mass is 257 g/mol. The van der Waals surface area contributed by atoms with Gasteiger partial charge in [0.15, 0.2) is 6.61 Å². The van der Waals surface area contributed by atoms with Gasteiger partial charge in [-0.05, 0) is 25.1 Å². The van der Waals surface area contributed by atoms with Crippen molar-refractivity contribution >= 4 is 17.5 Å². The van der Waals surface area contributed by atoms with Crippen LogP contribution in [0.1, 0.15) is 18.6 Å². The first-order valence-corrected chi connectivity index (χ1v) is 5.60. The van der Waals surface area contributed by atoms with Gasteiger partial charge >= 0.3 is 0 Å². The highest BCUT2D eigenvalue weighted by Gasteiger charge is 2.12. The third-order valence-electron chi connectivity index (χ3n) is 2.27. The molecule has 4 nitrogen and oxygen atoms in total. The van der Waals surface area contributed by atoms with Crippen LogP contribution in [0.5, 0.6) is 5.75 Å². The molecule has 1 atom stereocenters. The molecule has 0 saturated carbocycles.